The van der Waals surface area contributed by atoms with E-state index in [2.05, 4.69) is 51.7 Å². The van der Waals surface area contributed by atoms with Gasteiger partial charge in [-0.2, -0.15) is 0 Å². The number of piperidine rings is 1. The van der Waals surface area contributed by atoms with Crippen LogP contribution in [0.1, 0.15) is 90.7 Å². The van der Waals surface area contributed by atoms with E-state index in [0.717, 1.165) is 62.5 Å². The molecule has 0 radical (unpaired) electrons. The fourth-order valence-electron chi connectivity index (χ4n) is 9.90. The fraction of sp³-hybridized carbons (Fsp3) is 0.812. The third-order valence-corrected chi connectivity index (χ3v) is 12.3. The summed E-state index contributed by atoms with van der Waals surface area (Å²) in [5.74, 6) is 2.79. The molecule has 2 aliphatic heterocycles. The molecule has 5 fully saturated rings. The Labute approximate surface area is 223 Å². The number of ether oxygens (including phenoxy) is 3. The lowest BCUT2D eigenvalue weighted by Crippen LogP contribution is -2.83. The summed E-state index contributed by atoms with van der Waals surface area (Å²) in [5.41, 5.74) is 1.27. The minimum Gasteiger partial charge on any atom is -0.490 e. The van der Waals surface area contributed by atoms with Crippen molar-refractivity contribution in [3.8, 4) is 11.5 Å². The summed E-state index contributed by atoms with van der Waals surface area (Å²) in [5, 5.41) is 12.3. The molecule has 1 unspecified atom stereocenters. The first-order valence-electron chi connectivity index (χ1n) is 15.0. The quantitative estimate of drug-likeness (QED) is 0.526. The Bertz CT molecular complexity index is 1100. The molecule has 0 aromatic heterocycles. The molecule has 1 aromatic carbocycles. The standard InChI is InChI=1S/C32H47NO4/c1-7-16-36-22-11-10-21-17-24-30-12-13-32(35-6,23(18-30)29(5,34)28(2,3)4)27-31(30,25(21)26(22)37-27)14-15-33(24)19-20-8-9-20/h10-11,20,23-24,27,34H,7-9,12-19H2,1-6H3/t23-,24-,27-,29+,30+,31+,32?/m1/s1. The van der Waals surface area contributed by atoms with Crippen molar-refractivity contribution in [1.29, 1.82) is 0 Å². The molecule has 204 valence electrons. The third kappa shape index (κ3) is 2.87. The van der Waals surface area contributed by atoms with Gasteiger partial charge in [-0.15, -0.1) is 0 Å². The van der Waals surface area contributed by atoms with Crippen LogP contribution >= 0.6 is 0 Å². The van der Waals surface area contributed by atoms with Crippen molar-refractivity contribution in [3.63, 3.8) is 0 Å². The number of likely N-dealkylation sites (tertiary alicyclic amines) is 1. The topological polar surface area (TPSA) is 51.2 Å². The van der Waals surface area contributed by atoms with E-state index >= 15 is 0 Å². The van der Waals surface area contributed by atoms with Crippen LogP contribution in [0, 0.1) is 22.7 Å². The highest BCUT2D eigenvalue weighted by atomic mass is 16.6. The van der Waals surface area contributed by atoms with Gasteiger partial charge in [-0.3, -0.25) is 4.90 Å². The minimum absolute atomic E-state index is 0.0103. The highest BCUT2D eigenvalue weighted by molar-refractivity contribution is 5.63. The van der Waals surface area contributed by atoms with Gasteiger partial charge >= 0.3 is 0 Å². The fourth-order valence-corrected chi connectivity index (χ4v) is 9.90. The van der Waals surface area contributed by atoms with Crippen LogP contribution in [0.25, 0.3) is 0 Å². The average Bonchev–Trinajstić information content (AvgIpc) is 3.60. The highest BCUT2D eigenvalue weighted by Crippen LogP contribution is 2.78. The Kier molecular flexibility index (Phi) is 5.12. The summed E-state index contributed by atoms with van der Waals surface area (Å²) in [6.07, 6.45) is 9.00. The molecular formula is C32H47NO4. The lowest BCUT2D eigenvalue weighted by Gasteiger charge is -2.75. The molecule has 37 heavy (non-hydrogen) atoms. The second kappa shape index (κ2) is 7.67. The van der Waals surface area contributed by atoms with Crippen LogP contribution in [-0.4, -0.2) is 60.2 Å². The Morgan fingerprint density at radius 1 is 1.14 bits per heavy atom. The summed E-state index contributed by atoms with van der Waals surface area (Å²) < 4.78 is 20.2. The van der Waals surface area contributed by atoms with Crippen LogP contribution in [0.4, 0.5) is 0 Å². The van der Waals surface area contributed by atoms with Gasteiger partial charge in [0.2, 0.25) is 0 Å². The third-order valence-electron chi connectivity index (χ3n) is 12.3. The summed E-state index contributed by atoms with van der Waals surface area (Å²) in [7, 11) is 1.88. The predicted molar refractivity (Wildman–Crippen MR) is 144 cm³/mol. The Hall–Kier alpha value is -1.30. The lowest BCUT2D eigenvalue weighted by molar-refractivity contribution is -0.312. The van der Waals surface area contributed by atoms with Crippen molar-refractivity contribution in [3.05, 3.63) is 23.3 Å². The van der Waals surface area contributed by atoms with Crippen molar-refractivity contribution in [1.82, 2.24) is 4.90 Å². The monoisotopic (exact) mass is 509 g/mol. The van der Waals surface area contributed by atoms with Gasteiger partial charge in [0, 0.05) is 42.0 Å². The number of hydrogen-bond donors (Lipinski definition) is 1. The predicted octanol–water partition coefficient (Wildman–Crippen LogP) is 5.50. The molecule has 4 saturated carbocycles. The van der Waals surface area contributed by atoms with E-state index in [0.29, 0.717) is 12.6 Å². The van der Waals surface area contributed by atoms with Crippen molar-refractivity contribution in [2.45, 2.75) is 115 Å². The van der Waals surface area contributed by atoms with E-state index in [9.17, 15) is 5.11 Å². The van der Waals surface area contributed by atoms with E-state index in [1.165, 1.54) is 30.5 Å². The number of benzene rings is 1. The smallest absolute Gasteiger partial charge is 0.165 e. The molecule has 2 spiro atoms. The summed E-state index contributed by atoms with van der Waals surface area (Å²) in [4.78, 5) is 2.87. The normalized spacial score (nSPS) is 41.2. The van der Waals surface area contributed by atoms with Gasteiger partial charge in [0.25, 0.3) is 0 Å². The zero-order chi connectivity index (χ0) is 26.0. The number of nitrogens with zero attached hydrogens (tertiary/aromatic N) is 1. The summed E-state index contributed by atoms with van der Waals surface area (Å²) >= 11 is 0. The summed E-state index contributed by atoms with van der Waals surface area (Å²) in [6, 6.07) is 5.02. The number of fused-ring (bicyclic) bond motifs is 2. The molecule has 8 rings (SSSR count). The van der Waals surface area contributed by atoms with Crippen molar-refractivity contribution >= 4 is 0 Å². The van der Waals surface area contributed by atoms with Crippen molar-refractivity contribution < 1.29 is 19.3 Å². The van der Waals surface area contributed by atoms with Crippen LogP contribution in [-0.2, 0) is 16.6 Å². The molecule has 2 heterocycles. The molecule has 0 amide bonds. The van der Waals surface area contributed by atoms with Gasteiger partial charge in [0.05, 0.1) is 12.2 Å². The zero-order valence-electron chi connectivity index (χ0n) is 23.9. The van der Waals surface area contributed by atoms with Gasteiger partial charge in [-0.1, -0.05) is 33.8 Å². The molecule has 5 aliphatic carbocycles. The van der Waals surface area contributed by atoms with Gasteiger partial charge in [-0.25, -0.2) is 0 Å². The Balaban J connectivity index is 1.45. The molecule has 1 aromatic rings. The van der Waals surface area contributed by atoms with Crippen LogP contribution in [0.5, 0.6) is 11.5 Å². The second-order valence-electron chi connectivity index (χ2n) is 14.6. The molecule has 5 nitrogen and oxygen atoms in total. The second-order valence-corrected chi connectivity index (χ2v) is 14.6. The van der Waals surface area contributed by atoms with Crippen molar-refractivity contribution in [2.24, 2.45) is 22.7 Å². The molecule has 7 aliphatic rings. The molecule has 5 heteroatoms. The van der Waals surface area contributed by atoms with Crippen molar-refractivity contribution in [2.75, 3.05) is 26.8 Å². The van der Waals surface area contributed by atoms with Crippen LogP contribution in [0.2, 0.25) is 0 Å². The lowest BCUT2D eigenvalue weighted by atomic mass is 9.33. The maximum absolute atomic E-state index is 12.3. The van der Waals surface area contributed by atoms with Crippen LogP contribution < -0.4 is 9.47 Å². The first-order valence-corrected chi connectivity index (χ1v) is 15.0. The molecule has 7 atom stereocenters. The van der Waals surface area contributed by atoms with E-state index in [1.807, 2.05) is 7.11 Å². The van der Waals surface area contributed by atoms with E-state index in [-0.39, 0.29) is 28.3 Å². The maximum Gasteiger partial charge on any atom is 0.165 e. The van der Waals surface area contributed by atoms with Gasteiger partial charge in [0.1, 0.15) is 11.7 Å². The largest absolute Gasteiger partial charge is 0.490 e. The zero-order valence-corrected chi connectivity index (χ0v) is 23.9. The Morgan fingerprint density at radius 2 is 1.92 bits per heavy atom. The average molecular weight is 510 g/mol. The van der Waals surface area contributed by atoms with E-state index in [4.69, 9.17) is 14.2 Å². The maximum atomic E-state index is 12.3. The number of aliphatic hydroxyl groups is 1. The van der Waals surface area contributed by atoms with E-state index in [1.54, 1.807) is 0 Å². The van der Waals surface area contributed by atoms with Gasteiger partial charge < -0.3 is 19.3 Å². The van der Waals surface area contributed by atoms with Gasteiger partial charge in [-0.05, 0) is 87.8 Å². The number of rotatable bonds is 7. The first-order chi connectivity index (χ1) is 17.6. The molecular weight excluding hydrogens is 462 g/mol. The number of hydrogen-bond acceptors (Lipinski definition) is 5. The molecule has 1 saturated heterocycles. The first kappa shape index (κ1) is 24.7. The SMILES string of the molecule is CCCOc1ccc2c3c1O[C@H]1C4(OC)CC[C@]5(C[C@@H]4[C@](C)(O)C(C)(C)C)[C@@H](C2)N(CC2CC2)CC[C@]315. The van der Waals surface area contributed by atoms with Gasteiger partial charge in [0.15, 0.2) is 11.5 Å². The van der Waals surface area contributed by atoms with Crippen LogP contribution in [0.3, 0.4) is 0 Å². The molecule has 4 bridgehead atoms. The minimum atomic E-state index is -0.881. The molecule has 1 N–H and O–H groups in total. The summed E-state index contributed by atoms with van der Waals surface area (Å²) in [6.45, 7) is 13.9. The van der Waals surface area contributed by atoms with E-state index < -0.39 is 11.2 Å². The van der Waals surface area contributed by atoms with Crippen LogP contribution in [0.15, 0.2) is 12.1 Å². The number of methoxy groups -OCH3 is 1. The Morgan fingerprint density at radius 3 is 2.59 bits per heavy atom. The highest BCUT2D eigenvalue weighted by Gasteiger charge is 2.82.